The molecule has 0 bridgehead atoms. The molecule has 0 spiro atoms. The molecular formula is C18H16N4O3S. The molecule has 2 aromatic rings. The van der Waals surface area contributed by atoms with Crippen LogP contribution in [-0.4, -0.2) is 41.9 Å². The predicted octanol–water partition coefficient (Wildman–Crippen LogP) is 2.91. The van der Waals surface area contributed by atoms with Gasteiger partial charge in [-0.25, -0.2) is 0 Å². The Hall–Kier alpha value is -3.18. The number of piperazine rings is 1. The molecule has 0 atom stereocenters. The van der Waals surface area contributed by atoms with Crippen molar-refractivity contribution in [1.82, 2.24) is 4.90 Å². The lowest BCUT2D eigenvalue weighted by Crippen LogP contribution is -2.49. The lowest BCUT2D eigenvalue weighted by Gasteiger charge is -2.36. The van der Waals surface area contributed by atoms with Crippen molar-refractivity contribution >= 4 is 34.7 Å². The van der Waals surface area contributed by atoms with Gasteiger partial charge >= 0.3 is 0 Å². The number of nitro benzene ring substituents is 1. The van der Waals surface area contributed by atoms with Gasteiger partial charge in [0.15, 0.2) is 0 Å². The maximum Gasteiger partial charge on any atom is 0.269 e. The van der Waals surface area contributed by atoms with Crippen molar-refractivity contribution < 1.29 is 9.72 Å². The summed E-state index contributed by atoms with van der Waals surface area (Å²) < 4.78 is 0. The van der Waals surface area contributed by atoms with Crippen molar-refractivity contribution in [1.29, 1.82) is 5.26 Å². The van der Waals surface area contributed by atoms with Crippen LogP contribution in [0, 0.1) is 21.4 Å². The second-order valence-electron chi connectivity index (χ2n) is 5.78. The molecule has 1 aliphatic rings. The van der Waals surface area contributed by atoms with Gasteiger partial charge in [0, 0.05) is 44.0 Å². The molecule has 0 N–H and O–H groups in total. The number of carbonyl (C=O) groups excluding carboxylic acids is 1. The maximum atomic E-state index is 12.6. The molecule has 2 heterocycles. The highest BCUT2D eigenvalue weighted by molar-refractivity contribution is 7.08. The Morgan fingerprint density at radius 2 is 1.88 bits per heavy atom. The highest BCUT2D eigenvalue weighted by Crippen LogP contribution is 2.21. The van der Waals surface area contributed by atoms with Gasteiger partial charge in [0.25, 0.3) is 11.6 Å². The molecule has 7 nitrogen and oxygen atoms in total. The second-order valence-corrected chi connectivity index (χ2v) is 6.56. The van der Waals surface area contributed by atoms with Crippen molar-refractivity contribution in [3.63, 3.8) is 0 Å². The Labute approximate surface area is 154 Å². The molecule has 3 rings (SSSR count). The van der Waals surface area contributed by atoms with E-state index < -0.39 is 4.92 Å². The molecule has 1 aliphatic heterocycles. The Morgan fingerprint density at radius 1 is 1.19 bits per heavy atom. The molecule has 1 saturated heterocycles. The van der Waals surface area contributed by atoms with Gasteiger partial charge < -0.3 is 9.80 Å². The first-order valence-electron chi connectivity index (χ1n) is 8.01. The number of hydrogen-bond donors (Lipinski definition) is 0. The highest BCUT2D eigenvalue weighted by Gasteiger charge is 2.24. The minimum Gasteiger partial charge on any atom is -0.368 e. The number of non-ortho nitro benzene ring substituents is 1. The van der Waals surface area contributed by atoms with E-state index in [0.717, 1.165) is 11.3 Å². The summed E-state index contributed by atoms with van der Waals surface area (Å²) in [4.78, 5) is 26.6. The molecule has 26 heavy (non-hydrogen) atoms. The van der Waals surface area contributed by atoms with Crippen molar-refractivity contribution in [2.24, 2.45) is 0 Å². The van der Waals surface area contributed by atoms with E-state index in [0.29, 0.717) is 26.2 Å². The van der Waals surface area contributed by atoms with E-state index in [4.69, 9.17) is 0 Å². The largest absolute Gasteiger partial charge is 0.368 e. The zero-order valence-electron chi connectivity index (χ0n) is 13.9. The molecule has 0 radical (unpaired) electrons. The quantitative estimate of drug-likeness (QED) is 0.358. The first-order valence-corrected chi connectivity index (χ1v) is 8.95. The van der Waals surface area contributed by atoms with Gasteiger partial charge in [-0.3, -0.25) is 14.9 Å². The fourth-order valence-electron chi connectivity index (χ4n) is 2.79. The number of rotatable bonds is 4. The summed E-state index contributed by atoms with van der Waals surface area (Å²) in [5.74, 6) is -0.262. The summed E-state index contributed by atoms with van der Waals surface area (Å²) in [6.07, 6.45) is 1.61. The first kappa shape index (κ1) is 17.6. The molecule has 1 aromatic carbocycles. The molecule has 1 aromatic heterocycles. The van der Waals surface area contributed by atoms with Crippen LogP contribution in [-0.2, 0) is 4.79 Å². The van der Waals surface area contributed by atoms with E-state index in [-0.39, 0.29) is 17.2 Å². The van der Waals surface area contributed by atoms with Crippen molar-refractivity contribution in [3.05, 3.63) is 62.3 Å². The maximum absolute atomic E-state index is 12.6. The second kappa shape index (κ2) is 7.80. The molecule has 132 valence electrons. The fraction of sp³-hybridized carbons (Fsp3) is 0.222. The summed E-state index contributed by atoms with van der Waals surface area (Å²) in [7, 11) is 0. The number of benzene rings is 1. The third-order valence-corrected chi connectivity index (χ3v) is 4.90. The number of nitriles is 1. The average Bonchev–Trinajstić information content (AvgIpc) is 3.19. The van der Waals surface area contributed by atoms with Crippen LogP contribution >= 0.6 is 11.3 Å². The van der Waals surface area contributed by atoms with Crippen LogP contribution in [0.5, 0.6) is 0 Å². The number of amides is 1. The third-order valence-electron chi connectivity index (χ3n) is 4.20. The summed E-state index contributed by atoms with van der Waals surface area (Å²) >= 11 is 1.51. The Kier molecular flexibility index (Phi) is 5.29. The minimum absolute atomic E-state index is 0.0554. The smallest absolute Gasteiger partial charge is 0.269 e. The standard InChI is InChI=1S/C18H16N4O3S/c19-12-15(11-14-5-10-26-13-14)18(23)21-8-6-20(7-9-21)16-1-3-17(4-2-16)22(24)25/h1-5,10-11,13H,6-9H2/b15-11+. The van der Waals surface area contributed by atoms with Gasteiger partial charge in [-0.1, -0.05) is 0 Å². The SMILES string of the molecule is N#C/C(=C\c1ccsc1)C(=O)N1CCN(c2ccc([N+](=O)[O-])cc2)CC1. The Morgan fingerprint density at radius 3 is 2.42 bits per heavy atom. The number of nitrogens with zero attached hydrogens (tertiary/aromatic N) is 4. The first-order chi connectivity index (χ1) is 12.6. The van der Waals surface area contributed by atoms with Gasteiger partial charge in [-0.2, -0.15) is 16.6 Å². The molecule has 0 unspecified atom stereocenters. The van der Waals surface area contributed by atoms with Gasteiger partial charge in [-0.05, 0) is 40.6 Å². The van der Waals surface area contributed by atoms with Crippen molar-refractivity contribution in [3.8, 4) is 6.07 Å². The van der Waals surface area contributed by atoms with Crippen LogP contribution in [0.1, 0.15) is 5.56 Å². The molecular weight excluding hydrogens is 352 g/mol. The molecule has 0 aliphatic carbocycles. The van der Waals surface area contributed by atoms with E-state index >= 15 is 0 Å². The van der Waals surface area contributed by atoms with Gasteiger partial charge in [0.2, 0.25) is 0 Å². The van der Waals surface area contributed by atoms with Crippen LogP contribution in [0.25, 0.3) is 6.08 Å². The number of nitro groups is 1. The monoisotopic (exact) mass is 368 g/mol. The molecule has 8 heteroatoms. The number of thiophene rings is 1. The summed E-state index contributed by atoms with van der Waals surface area (Å²) in [5, 5.41) is 23.8. The zero-order valence-corrected chi connectivity index (χ0v) is 14.7. The molecule has 1 amide bonds. The Bertz CT molecular complexity index is 861. The topological polar surface area (TPSA) is 90.5 Å². The lowest BCUT2D eigenvalue weighted by atomic mass is 10.1. The van der Waals surface area contributed by atoms with Crippen LogP contribution in [0.15, 0.2) is 46.7 Å². The van der Waals surface area contributed by atoms with E-state index in [1.165, 1.54) is 23.5 Å². The van der Waals surface area contributed by atoms with Crippen LogP contribution in [0.2, 0.25) is 0 Å². The Balaban J connectivity index is 1.63. The summed E-state index contributed by atoms with van der Waals surface area (Å²) in [6.45, 7) is 2.22. The number of hydrogen-bond acceptors (Lipinski definition) is 6. The van der Waals surface area contributed by atoms with Gasteiger partial charge in [0.1, 0.15) is 11.6 Å². The van der Waals surface area contributed by atoms with Crippen molar-refractivity contribution in [2.45, 2.75) is 0 Å². The zero-order chi connectivity index (χ0) is 18.5. The van der Waals surface area contributed by atoms with E-state index in [1.54, 1.807) is 23.1 Å². The fourth-order valence-corrected chi connectivity index (χ4v) is 3.41. The van der Waals surface area contributed by atoms with Gasteiger partial charge in [0.05, 0.1) is 4.92 Å². The number of carbonyl (C=O) groups is 1. The van der Waals surface area contributed by atoms with Crippen molar-refractivity contribution in [2.75, 3.05) is 31.1 Å². The summed E-state index contributed by atoms with van der Waals surface area (Å²) in [5.41, 5.74) is 1.92. The predicted molar refractivity (Wildman–Crippen MR) is 99.8 cm³/mol. The molecule has 0 saturated carbocycles. The van der Waals surface area contributed by atoms with Crippen LogP contribution in [0.3, 0.4) is 0 Å². The number of anilines is 1. The van der Waals surface area contributed by atoms with E-state index in [1.807, 2.05) is 22.9 Å². The van der Waals surface area contributed by atoms with Gasteiger partial charge in [-0.15, -0.1) is 0 Å². The van der Waals surface area contributed by atoms with E-state index in [2.05, 4.69) is 4.90 Å². The minimum atomic E-state index is -0.427. The van der Waals surface area contributed by atoms with Crippen LogP contribution in [0.4, 0.5) is 11.4 Å². The van der Waals surface area contributed by atoms with Crippen LogP contribution < -0.4 is 4.90 Å². The van der Waals surface area contributed by atoms with E-state index in [9.17, 15) is 20.2 Å². The normalized spacial score (nSPS) is 14.8. The highest BCUT2D eigenvalue weighted by atomic mass is 32.1. The average molecular weight is 368 g/mol. The lowest BCUT2D eigenvalue weighted by molar-refractivity contribution is -0.384. The summed E-state index contributed by atoms with van der Waals surface area (Å²) in [6, 6.07) is 10.2. The molecule has 1 fully saturated rings. The third kappa shape index (κ3) is 3.90.